The van der Waals surface area contributed by atoms with Gasteiger partial charge in [-0.2, -0.15) is 5.10 Å². The largest absolute Gasteiger partial charge is 0.492 e. The van der Waals surface area contributed by atoms with E-state index in [-0.39, 0.29) is 11.8 Å². The fourth-order valence-electron chi connectivity index (χ4n) is 3.83. The Kier molecular flexibility index (Phi) is 6.89. The molecule has 6 nitrogen and oxygen atoms in total. The highest BCUT2D eigenvalue weighted by Gasteiger charge is 2.29. The summed E-state index contributed by atoms with van der Waals surface area (Å²) in [6.45, 7) is 2.48. The molecule has 1 amide bonds. The second kappa shape index (κ2) is 9.98. The molecule has 2 heterocycles. The highest BCUT2D eigenvalue weighted by atomic mass is 35.5. The van der Waals surface area contributed by atoms with Gasteiger partial charge in [0.2, 0.25) is 0 Å². The Bertz CT molecular complexity index is 1020. The lowest BCUT2D eigenvalue weighted by Crippen LogP contribution is -2.28. The van der Waals surface area contributed by atoms with Gasteiger partial charge in [-0.15, -0.1) is 0 Å². The molecule has 0 bridgehead atoms. The second-order valence-corrected chi connectivity index (χ2v) is 8.12. The van der Waals surface area contributed by atoms with Crippen molar-refractivity contribution in [3.05, 3.63) is 82.1 Å². The first-order valence-corrected chi connectivity index (χ1v) is 10.8. The van der Waals surface area contributed by atoms with Crippen LogP contribution in [0.4, 0.5) is 0 Å². The number of carbonyl (C=O) groups is 1. The standard InChI is InChI=1S/C24H26ClN3O3/c1-30-16-17-6-8-18(9-7-17)24(29)28-12-10-19(15-28)22-14-20(26-27-22)11-13-31-23-5-3-2-4-21(23)25/h2-9,14,19H,10-13,15-16H2,1H3,(H,26,27). The van der Waals surface area contributed by atoms with Gasteiger partial charge in [0.05, 0.1) is 23.9 Å². The van der Waals surface area contributed by atoms with Gasteiger partial charge in [-0.25, -0.2) is 0 Å². The Balaban J connectivity index is 1.29. The minimum Gasteiger partial charge on any atom is -0.492 e. The van der Waals surface area contributed by atoms with Gasteiger partial charge in [0.15, 0.2) is 0 Å². The number of aromatic amines is 1. The molecule has 1 atom stereocenters. The molecule has 1 aliphatic rings. The predicted octanol–water partition coefficient (Wildman–Crippen LogP) is 4.46. The van der Waals surface area contributed by atoms with Crippen molar-refractivity contribution in [2.75, 3.05) is 26.8 Å². The maximum absolute atomic E-state index is 12.8. The number of amides is 1. The van der Waals surface area contributed by atoms with E-state index in [0.29, 0.717) is 42.5 Å². The van der Waals surface area contributed by atoms with Crippen molar-refractivity contribution in [1.29, 1.82) is 0 Å². The summed E-state index contributed by atoms with van der Waals surface area (Å²) in [5.41, 5.74) is 3.78. The van der Waals surface area contributed by atoms with Crippen molar-refractivity contribution in [1.82, 2.24) is 15.1 Å². The van der Waals surface area contributed by atoms with Crippen LogP contribution in [-0.2, 0) is 17.8 Å². The van der Waals surface area contributed by atoms with Crippen LogP contribution in [0.2, 0.25) is 5.02 Å². The monoisotopic (exact) mass is 439 g/mol. The quantitative estimate of drug-likeness (QED) is 0.562. The molecule has 3 aromatic rings. The summed E-state index contributed by atoms with van der Waals surface area (Å²) in [6.07, 6.45) is 1.62. The molecule has 0 aliphatic carbocycles. The van der Waals surface area contributed by atoms with Gasteiger partial charge in [0.25, 0.3) is 5.91 Å². The van der Waals surface area contributed by atoms with Gasteiger partial charge in [-0.05, 0) is 42.3 Å². The summed E-state index contributed by atoms with van der Waals surface area (Å²) >= 11 is 6.12. The summed E-state index contributed by atoms with van der Waals surface area (Å²) in [6, 6.07) is 17.1. The van der Waals surface area contributed by atoms with E-state index in [1.54, 1.807) is 7.11 Å². The number of nitrogens with zero attached hydrogens (tertiary/aromatic N) is 2. The number of para-hydroxylation sites is 1. The van der Waals surface area contributed by atoms with Crippen LogP contribution in [0, 0.1) is 0 Å². The number of benzene rings is 2. The number of methoxy groups -OCH3 is 1. The van der Waals surface area contributed by atoms with Crippen LogP contribution in [0.1, 0.15) is 39.6 Å². The fraction of sp³-hybridized carbons (Fsp3) is 0.333. The zero-order valence-corrected chi connectivity index (χ0v) is 18.3. The predicted molar refractivity (Wildman–Crippen MR) is 120 cm³/mol. The Morgan fingerprint density at radius 1 is 1.23 bits per heavy atom. The average Bonchev–Trinajstić information content (AvgIpc) is 3.45. The van der Waals surface area contributed by atoms with E-state index >= 15 is 0 Å². The van der Waals surface area contributed by atoms with E-state index in [0.717, 1.165) is 29.9 Å². The molecule has 1 fully saturated rings. The van der Waals surface area contributed by atoms with E-state index in [4.69, 9.17) is 21.1 Å². The second-order valence-electron chi connectivity index (χ2n) is 7.71. The molecule has 2 aromatic carbocycles. The molecular weight excluding hydrogens is 414 g/mol. The minimum absolute atomic E-state index is 0.0652. The first kappa shape index (κ1) is 21.4. The number of aromatic nitrogens is 2. The van der Waals surface area contributed by atoms with Crippen molar-refractivity contribution in [2.45, 2.75) is 25.4 Å². The van der Waals surface area contributed by atoms with Crippen molar-refractivity contribution in [3.63, 3.8) is 0 Å². The number of halogens is 1. The molecule has 31 heavy (non-hydrogen) atoms. The zero-order valence-electron chi connectivity index (χ0n) is 17.5. The van der Waals surface area contributed by atoms with E-state index in [2.05, 4.69) is 16.3 Å². The van der Waals surface area contributed by atoms with Gasteiger partial charge in [-0.3, -0.25) is 9.89 Å². The third-order valence-electron chi connectivity index (χ3n) is 5.52. The third kappa shape index (κ3) is 5.27. The summed E-state index contributed by atoms with van der Waals surface area (Å²) in [4.78, 5) is 14.7. The maximum atomic E-state index is 12.8. The molecule has 1 aliphatic heterocycles. The normalized spacial score (nSPS) is 15.9. The van der Waals surface area contributed by atoms with Crippen LogP contribution < -0.4 is 4.74 Å². The number of nitrogens with one attached hydrogen (secondary N) is 1. The Labute approximate surface area is 187 Å². The van der Waals surface area contributed by atoms with Crippen LogP contribution in [0.3, 0.4) is 0 Å². The summed E-state index contributed by atoms with van der Waals surface area (Å²) < 4.78 is 10.9. The molecule has 1 saturated heterocycles. The van der Waals surface area contributed by atoms with E-state index in [1.807, 2.05) is 53.4 Å². The number of ether oxygens (including phenoxy) is 2. The Morgan fingerprint density at radius 2 is 2.03 bits per heavy atom. The van der Waals surface area contributed by atoms with Crippen molar-refractivity contribution in [3.8, 4) is 5.75 Å². The van der Waals surface area contributed by atoms with Crippen molar-refractivity contribution in [2.24, 2.45) is 0 Å². The Hall–Kier alpha value is -2.83. The minimum atomic E-state index is 0.0652. The maximum Gasteiger partial charge on any atom is 0.253 e. The molecule has 4 rings (SSSR count). The molecule has 0 saturated carbocycles. The average molecular weight is 440 g/mol. The number of likely N-dealkylation sites (tertiary alicyclic amines) is 1. The van der Waals surface area contributed by atoms with Crippen LogP contribution >= 0.6 is 11.6 Å². The third-order valence-corrected chi connectivity index (χ3v) is 5.83. The zero-order chi connectivity index (χ0) is 21.6. The van der Waals surface area contributed by atoms with Gasteiger partial charge in [-0.1, -0.05) is 35.9 Å². The molecule has 1 N–H and O–H groups in total. The highest BCUT2D eigenvalue weighted by molar-refractivity contribution is 6.32. The topological polar surface area (TPSA) is 67.4 Å². The highest BCUT2D eigenvalue weighted by Crippen LogP contribution is 2.28. The van der Waals surface area contributed by atoms with Gasteiger partial charge < -0.3 is 14.4 Å². The molecule has 1 unspecified atom stereocenters. The lowest BCUT2D eigenvalue weighted by atomic mass is 10.0. The molecular formula is C24H26ClN3O3. The summed E-state index contributed by atoms with van der Waals surface area (Å²) in [5.74, 6) is 0.991. The van der Waals surface area contributed by atoms with Crippen molar-refractivity contribution < 1.29 is 14.3 Å². The van der Waals surface area contributed by atoms with Gasteiger partial charge in [0, 0.05) is 43.8 Å². The number of H-pyrrole nitrogens is 1. The number of carbonyl (C=O) groups excluding carboxylic acids is 1. The number of hydrogen-bond acceptors (Lipinski definition) is 4. The smallest absolute Gasteiger partial charge is 0.253 e. The molecule has 1 aromatic heterocycles. The molecule has 0 radical (unpaired) electrons. The van der Waals surface area contributed by atoms with Gasteiger partial charge in [0.1, 0.15) is 5.75 Å². The molecule has 7 heteroatoms. The van der Waals surface area contributed by atoms with E-state index < -0.39 is 0 Å². The number of rotatable bonds is 8. The summed E-state index contributed by atoms with van der Waals surface area (Å²) in [5, 5.41) is 8.19. The molecule has 0 spiro atoms. The van der Waals surface area contributed by atoms with Gasteiger partial charge >= 0.3 is 0 Å². The lowest BCUT2D eigenvalue weighted by Gasteiger charge is -2.16. The van der Waals surface area contributed by atoms with Crippen LogP contribution in [-0.4, -0.2) is 47.8 Å². The first-order chi connectivity index (χ1) is 15.1. The summed E-state index contributed by atoms with van der Waals surface area (Å²) in [7, 11) is 1.66. The van der Waals surface area contributed by atoms with Crippen molar-refractivity contribution >= 4 is 17.5 Å². The SMILES string of the molecule is COCc1ccc(C(=O)N2CCC(c3cc(CCOc4ccccc4Cl)[nH]n3)C2)cc1. The number of hydrogen-bond donors (Lipinski definition) is 1. The van der Waals surface area contributed by atoms with E-state index in [9.17, 15) is 4.79 Å². The van der Waals surface area contributed by atoms with E-state index in [1.165, 1.54) is 0 Å². The fourth-order valence-corrected chi connectivity index (χ4v) is 4.02. The first-order valence-electron chi connectivity index (χ1n) is 10.4. The lowest BCUT2D eigenvalue weighted by molar-refractivity contribution is 0.0790. The van der Waals surface area contributed by atoms with Crippen LogP contribution in [0.25, 0.3) is 0 Å². The van der Waals surface area contributed by atoms with Crippen LogP contribution in [0.5, 0.6) is 5.75 Å². The van der Waals surface area contributed by atoms with Crippen LogP contribution in [0.15, 0.2) is 54.6 Å². The molecule has 162 valence electrons. The Morgan fingerprint density at radius 3 is 2.81 bits per heavy atom.